The smallest absolute Gasteiger partial charge is 0.186 e. The van der Waals surface area contributed by atoms with E-state index < -0.39 is 0 Å². The largest absolute Gasteiger partial charge is 0.235 e. The Morgan fingerprint density at radius 2 is 2.19 bits per heavy atom. The number of nitrogens with zero attached hydrogens (tertiary/aromatic N) is 6. The van der Waals surface area contributed by atoms with Crippen LogP contribution in [0.15, 0.2) is 22.6 Å². The number of fused-ring (bicyclic) bond motifs is 1. The molecule has 1 aliphatic rings. The lowest BCUT2D eigenvalue weighted by Crippen LogP contribution is -1.94. The number of hydrogen-bond acceptors (Lipinski definition) is 8. The molecule has 0 radical (unpaired) electrons. The van der Waals surface area contributed by atoms with Crippen LogP contribution in [0.5, 0.6) is 0 Å². The van der Waals surface area contributed by atoms with Crippen LogP contribution >= 0.6 is 34.4 Å². The Kier molecular flexibility index (Phi) is 3.32. The van der Waals surface area contributed by atoms with Crippen molar-refractivity contribution in [3.8, 4) is 0 Å². The lowest BCUT2D eigenvalue weighted by atomic mass is 10.2. The lowest BCUT2D eigenvalue weighted by Gasteiger charge is -1.95. The molecule has 1 aliphatic carbocycles. The Bertz CT molecular complexity index is 855. The number of aryl methyl sites for hydroxylation is 1. The van der Waals surface area contributed by atoms with Crippen LogP contribution in [0, 0.1) is 6.92 Å². The van der Waals surface area contributed by atoms with Crippen molar-refractivity contribution in [1.29, 1.82) is 0 Å². The molecule has 0 N–H and O–H groups in total. The third-order valence-corrected chi connectivity index (χ3v) is 5.88. The molecule has 0 bridgehead atoms. The minimum atomic E-state index is 0.691. The zero-order valence-electron chi connectivity index (χ0n) is 11.1. The Balaban J connectivity index is 1.57. The van der Waals surface area contributed by atoms with Gasteiger partial charge in [-0.2, -0.15) is 9.61 Å². The van der Waals surface area contributed by atoms with Crippen molar-refractivity contribution >= 4 is 45.0 Å². The minimum Gasteiger partial charge on any atom is -0.186 e. The SMILES string of the molecule is Cc1nnc(SCc2nnc3sc(C4=CC=CC4)nn23)s1. The molecule has 3 heterocycles. The highest BCUT2D eigenvalue weighted by Crippen LogP contribution is 2.29. The first-order valence-corrected chi connectivity index (χ1v) is 8.91. The van der Waals surface area contributed by atoms with Gasteiger partial charge in [0.1, 0.15) is 10.0 Å². The zero-order valence-corrected chi connectivity index (χ0v) is 13.5. The second-order valence-electron chi connectivity index (χ2n) is 4.42. The molecule has 0 aliphatic heterocycles. The Morgan fingerprint density at radius 3 is 2.95 bits per heavy atom. The number of rotatable bonds is 4. The minimum absolute atomic E-state index is 0.691. The lowest BCUT2D eigenvalue weighted by molar-refractivity contribution is 0.876. The summed E-state index contributed by atoms with van der Waals surface area (Å²) in [4.78, 5) is 0.835. The Morgan fingerprint density at radius 1 is 1.24 bits per heavy atom. The van der Waals surface area contributed by atoms with Gasteiger partial charge in [0.25, 0.3) is 0 Å². The summed E-state index contributed by atoms with van der Waals surface area (Å²) in [6.07, 6.45) is 7.24. The monoisotopic (exact) mass is 334 g/mol. The summed E-state index contributed by atoms with van der Waals surface area (Å²) in [5.74, 6) is 1.54. The average molecular weight is 334 g/mol. The normalized spacial score (nSPS) is 14.2. The summed E-state index contributed by atoms with van der Waals surface area (Å²) in [5, 5.41) is 23.1. The van der Waals surface area contributed by atoms with Gasteiger partial charge in [-0.1, -0.05) is 52.7 Å². The second-order valence-corrected chi connectivity index (χ2v) is 7.78. The summed E-state index contributed by atoms with van der Waals surface area (Å²) in [5.41, 5.74) is 1.24. The summed E-state index contributed by atoms with van der Waals surface area (Å²) in [7, 11) is 0. The predicted molar refractivity (Wildman–Crippen MR) is 84.6 cm³/mol. The molecule has 3 aromatic heterocycles. The van der Waals surface area contributed by atoms with Gasteiger partial charge in [0.05, 0.1) is 5.75 Å². The number of thioether (sulfide) groups is 1. The molecular formula is C12H10N6S3. The fourth-order valence-electron chi connectivity index (χ4n) is 1.95. The van der Waals surface area contributed by atoms with Gasteiger partial charge < -0.3 is 0 Å². The van der Waals surface area contributed by atoms with E-state index in [9.17, 15) is 0 Å². The molecular weight excluding hydrogens is 324 g/mol. The van der Waals surface area contributed by atoms with Gasteiger partial charge >= 0.3 is 0 Å². The fraction of sp³-hybridized carbons (Fsp3) is 0.250. The number of aromatic nitrogens is 6. The van der Waals surface area contributed by atoms with Crippen LogP contribution in [0.3, 0.4) is 0 Å². The summed E-state index contributed by atoms with van der Waals surface area (Å²) < 4.78 is 2.78. The average Bonchev–Trinajstić information content (AvgIpc) is 3.21. The van der Waals surface area contributed by atoms with E-state index in [4.69, 9.17) is 0 Å². The molecule has 106 valence electrons. The van der Waals surface area contributed by atoms with Crippen LogP contribution in [0.1, 0.15) is 22.3 Å². The van der Waals surface area contributed by atoms with Gasteiger partial charge in [0, 0.05) is 0 Å². The van der Waals surface area contributed by atoms with Gasteiger partial charge in [-0.3, -0.25) is 0 Å². The van der Waals surface area contributed by atoms with E-state index in [0.717, 1.165) is 31.6 Å². The van der Waals surface area contributed by atoms with E-state index in [-0.39, 0.29) is 0 Å². The summed E-state index contributed by atoms with van der Waals surface area (Å²) in [6.45, 7) is 1.95. The highest BCUT2D eigenvalue weighted by atomic mass is 32.2. The summed E-state index contributed by atoms with van der Waals surface area (Å²) >= 11 is 4.78. The van der Waals surface area contributed by atoms with Crippen LogP contribution < -0.4 is 0 Å². The molecule has 0 fully saturated rings. The zero-order chi connectivity index (χ0) is 14.2. The van der Waals surface area contributed by atoms with Crippen LogP contribution in [-0.2, 0) is 5.75 Å². The molecule has 0 amide bonds. The van der Waals surface area contributed by atoms with Crippen molar-refractivity contribution in [3.63, 3.8) is 0 Å². The van der Waals surface area contributed by atoms with Crippen molar-refractivity contribution in [2.45, 2.75) is 23.4 Å². The van der Waals surface area contributed by atoms with Crippen molar-refractivity contribution < 1.29 is 0 Å². The van der Waals surface area contributed by atoms with Crippen molar-refractivity contribution in [2.24, 2.45) is 0 Å². The molecule has 3 aromatic rings. The second kappa shape index (κ2) is 5.32. The van der Waals surface area contributed by atoms with Gasteiger partial charge in [0.15, 0.2) is 10.2 Å². The van der Waals surface area contributed by atoms with Gasteiger partial charge in [-0.25, -0.2) is 0 Å². The molecule has 9 heteroatoms. The standard InChI is InChI=1S/C12H10N6S3/c1-7-13-16-12(20-7)19-6-9-14-15-11-18(9)17-10(21-11)8-4-2-3-5-8/h2-4H,5-6H2,1H3. The first-order valence-electron chi connectivity index (χ1n) is 6.30. The molecule has 0 spiro atoms. The third-order valence-electron chi connectivity index (χ3n) is 2.93. The van der Waals surface area contributed by atoms with E-state index in [2.05, 4.69) is 43.7 Å². The van der Waals surface area contributed by atoms with Crippen molar-refractivity contribution in [1.82, 2.24) is 30.0 Å². The van der Waals surface area contributed by atoms with Gasteiger partial charge in [-0.05, 0) is 18.9 Å². The number of allylic oxidation sites excluding steroid dienone is 4. The van der Waals surface area contributed by atoms with Crippen LogP contribution in [0.4, 0.5) is 0 Å². The Hall–Kier alpha value is -1.58. The molecule has 4 rings (SSSR count). The highest BCUT2D eigenvalue weighted by molar-refractivity contribution is 8.00. The highest BCUT2D eigenvalue weighted by Gasteiger charge is 2.15. The van der Waals surface area contributed by atoms with Crippen LogP contribution in [-0.4, -0.2) is 30.0 Å². The van der Waals surface area contributed by atoms with Crippen LogP contribution in [0.2, 0.25) is 0 Å². The Labute approximate surface area is 132 Å². The molecule has 0 unspecified atom stereocenters. The molecule has 0 aromatic carbocycles. The molecule has 0 atom stereocenters. The van der Waals surface area contributed by atoms with E-state index in [1.54, 1.807) is 34.4 Å². The third kappa shape index (κ3) is 2.52. The number of hydrogen-bond donors (Lipinski definition) is 0. The quantitative estimate of drug-likeness (QED) is 0.683. The molecule has 0 saturated heterocycles. The molecule has 6 nitrogen and oxygen atoms in total. The van der Waals surface area contributed by atoms with Gasteiger partial charge in [-0.15, -0.1) is 20.4 Å². The van der Waals surface area contributed by atoms with E-state index >= 15 is 0 Å². The van der Waals surface area contributed by atoms with Crippen molar-refractivity contribution in [2.75, 3.05) is 0 Å². The molecule has 21 heavy (non-hydrogen) atoms. The van der Waals surface area contributed by atoms with Gasteiger partial charge in [0.2, 0.25) is 4.96 Å². The first kappa shape index (κ1) is 13.1. The van der Waals surface area contributed by atoms with E-state index in [1.807, 2.05) is 11.4 Å². The van der Waals surface area contributed by atoms with Crippen LogP contribution in [0.25, 0.3) is 10.5 Å². The maximum atomic E-state index is 4.63. The van der Waals surface area contributed by atoms with E-state index in [0.29, 0.717) is 5.75 Å². The fourth-order valence-corrected chi connectivity index (χ4v) is 4.56. The molecule has 0 saturated carbocycles. The maximum Gasteiger partial charge on any atom is 0.235 e. The first-order chi connectivity index (χ1) is 10.3. The van der Waals surface area contributed by atoms with Crippen molar-refractivity contribution in [3.05, 3.63) is 34.1 Å². The summed E-state index contributed by atoms with van der Waals surface area (Å²) in [6, 6.07) is 0. The topological polar surface area (TPSA) is 68.9 Å². The maximum absolute atomic E-state index is 4.63. The predicted octanol–water partition coefficient (Wildman–Crippen LogP) is 2.98. The van der Waals surface area contributed by atoms with E-state index in [1.165, 1.54) is 5.57 Å².